The van der Waals surface area contributed by atoms with Crippen LogP contribution >= 0.6 is 0 Å². The van der Waals surface area contributed by atoms with Crippen LogP contribution in [0.15, 0.2) is 53.4 Å². The number of aryl methyl sites for hydroxylation is 1. The summed E-state index contributed by atoms with van der Waals surface area (Å²) < 4.78 is 34.7. The summed E-state index contributed by atoms with van der Waals surface area (Å²) in [5, 5.41) is 13.0. The van der Waals surface area contributed by atoms with Crippen LogP contribution in [0.25, 0.3) is 0 Å². The van der Waals surface area contributed by atoms with Crippen LogP contribution in [0.2, 0.25) is 0 Å². The number of carbonyl (C=O) groups excluding carboxylic acids is 1. The van der Waals surface area contributed by atoms with E-state index in [1.165, 1.54) is 12.1 Å². The largest absolute Gasteiger partial charge is 0.444 e. The minimum atomic E-state index is -3.95. The Labute approximate surface area is 178 Å². The maximum absolute atomic E-state index is 12.2. The summed E-state index contributed by atoms with van der Waals surface area (Å²) in [5.74, 6) is 0. The predicted molar refractivity (Wildman–Crippen MR) is 114 cm³/mol. The van der Waals surface area contributed by atoms with Crippen molar-refractivity contribution in [1.82, 2.24) is 5.32 Å². The summed E-state index contributed by atoms with van der Waals surface area (Å²) in [5.41, 5.74) is 1.66. The monoisotopic (exact) mass is 435 g/mol. The maximum atomic E-state index is 12.2. The molecule has 2 atom stereocenters. The number of rotatable bonds is 7. The quantitative estimate of drug-likeness (QED) is 0.637. The Morgan fingerprint density at radius 1 is 1.03 bits per heavy atom. The van der Waals surface area contributed by atoms with Crippen LogP contribution in [-0.4, -0.2) is 31.8 Å². The SMILES string of the molecule is Cc1ccc(S(=O)(=O)OC[C@H](O)c2ccc([C@H](C)NC(=O)OC(C)(C)C)cc2)cc1. The standard InChI is InChI=1S/C22H29NO6S/c1-15-6-12-19(13-7-15)30(26,27)28-14-20(24)18-10-8-17(9-11-18)16(2)23-21(25)29-22(3,4)5/h6-13,16,20,24H,14H2,1-5H3,(H,23,25)/t16-,20-/m0/s1. The maximum Gasteiger partial charge on any atom is 0.408 e. The number of carbonyl (C=O) groups is 1. The van der Waals surface area contributed by atoms with Gasteiger partial charge in [0.1, 0.15) is 11.7 Å². The molecule has 164 valence electrons. The van der Waals surface area contributed by atoms with Gasteiger partial charge < -0.3 is 15.2 Å². The van der Waals surface area contributed by atoms with Gasteiger partial charge in [-0.1, -0.05) is 42.0 Å². The molecular formula is C22H29NO6S. The van der Waals surface area contributed by atoms with E-state index in [2.05, 4.69) is 5.32 Å². The van der Waals surface area contributed by atoms with E-state index in [-0.39, 0.29) is 10.9 Å². The van der Waals surface area contributed by atoms with Crippen LogP contribution in [0.4, 0.5) is 4.79 Å². The molecule has 30 heavy (non-hydrogen) atoms. The van der Waals surface area contributed by atoms with Crippen molar-refractivity contribution in [3.8, 4) is 0 Å². The summed E-state index contributed by atoms with van der Waals surface area (Å²) in [6.45, 7) is 8.63. The normalized spacial score (nSPS) is 14.1. The van der Waals surface area contributed by atoms with Crippen LogP contribution in [0.1, 0.15) is 56.5 Å². The Morgan fingerprint density at radius 2 is 1.57 bits per heavy atom. The molecule has 0 fully saturated rings. The lowest BCUT2D eigenvalue weighted by molar-refractivity contribution is 0.0508. The number of hydrogen-bond donors (Lipinski definition) is 2. The van der Waals surface area contributed by atoms with E-state index in [4.69, 9.17) is 8.92 Å². The van der Waals surface area contributed by atoms with Crippen LogP contribution in [0, 0.1) is 6.92 Å². The second kappa shape index (κ2) is 9.59. The molecule has 2 N–H and O–H groups in total. The molecule has 2 aromatic rings. The number of nitrogens with one attached hydrogen (secondary N) is 1. The Bertz CT molecular complexity index is 947. The minimum Gasteiger partial charge on any atom is -0.444 e. The number of aliphatic hydroxyl groups is 1. The predicted octanol–water partition coefficient (Wildman–Crippen LogP) is 4.02. The topological polar surface area (TPSA) is 102 Å². The Morgan fingerprint density at radius 3 is 2.10 bits per heavy atom. The van der Waals surface area contributed by atoms with Crippen molar-refractivity contribution in [2.24, 2.45) is 0 Å². The van der Waals surface area contributed by atoms with Gasteiger partial charge in [0.15, 0.2) is 0 Å². The third-order valence-electron chi connectivity index (χ3n) is 4.25. The van der Waals surface area contributed by atoms with E-state index in [0.29, 0.717) is 5.56 Å². The van der Waals surface area contributed by atoms with Gasteiger partial charge in [-0.3, -0.25) is 4.18 Å². The number of alkyl carbamates (subject to hydrolysis) is 1. The highest BCUT2D eigenvalue weighted by Gasteiger charge is 2.20. The molecular weight excluding hydrogens is 406 g/mol. The molecule has 0 heterocycles. The first-order chi connectivity index (χ1) is 13.9. The first-order valence-corrected chi connectivity index (χ1v) is 11.0. The first-order valence-electron chi connectivity index (χ1n) is 9.61. The zero-order valence-corrected chi connectivity index (χ0v) is 18.7. The molecule has 0 spiro atoms. The number of amides is 1. The highest BCUT2D eigenvalue weighted by atomic mass is 32.2. The van der Waals surface area contributed by atoms with E-state index < -0.39 is 34.5 Å². The molecule has 8 heteroatoms. The molecule has 0 aliphatic carbocycles. The lowest BCUT2D eigenvalue weighted by Gasteiger charge is -2.22. The van der Waals surface area contributed by atoms with Crippen molar-refractivity contribution in [2.75, 3.05) is 6.61 Å². The Hall–Kier alpha value is -2.42. The lowest BCUT2D eigenvalue weighted by atomic mass is 10.0. The van der Waals surface area contributed by atoms with Crippen molar-refractivity contribution in [1.29, 1.82) is 0 Å². The van der Waals surface area contributed by atoms with E-state index in [1.54, 1.807) is 57.2 Å². The zero-order valence-electron chi connectivity index (χ0n) is 17.9. The van der Waals surface area contributed by atoms with Gasteiger partial charge in [-0.15, -0.1) is 0 Å². The van der Waals surface area contributed by atoms with Crippen molar-refractivity contribution in [3.05, 3.63) is 65.2 Å². The highest BCUT2D eigenvalue weighted by molar-refractivity contribution is 7.86. The summed E-state index contributed by atoms with van der Waals surface area (Å²) >= 11 is 0. The highest BCUT2D eigenvalue weighted by Crippen LogP contribution is 2.21. The fraction of sp³-hybridized carbons (Fsp3) is 0.409. The Kier molecular flexibility index (Phi) is 7.63. The lowest BCUT2D eigenvalue weighted by Crippen LogP contribution is -2.34. The van der Waals surface area contributed by atoms with Crippen molar-refractivity contribution in [2.45, 2.75) is 57.3 Å². The number of benzene rings is 2. The molecule has 0 aliphatic heterocycles. The molecule has 0 saturated carbocycles. The van der Waals surface area contributed by atoms with Gasteiger partial charge in [0.05, 0.1) is 17.5 Å². The number of hydrogen-bond acceptors (Lipinski definition) is 6. The van der Waals surface area contributed by atoms with Gasteiger partial charge in [-0.2, -0.15) is 8.42 Å². The summed E-state index contributed by atoms with van der Waals surface area (Å²) in [7, 11) is -3.95. The fourth-order valence-corrected chi connectivity index (χ4v) is 3.51. The van der Waals surface area contributed by atoms with Crippen molar-refractivity contribution in [3.63, 3.8) is 0 Å². The average molecular weight is 436 g/mol. The summed E-state index contributed by atoms with van der Waals surface area (Å²) in [4.78, 5) is 11.9. The zero-order chi connectivity index (χ0) is 22.5. The Balaban J connectivity index is 1.95. The second-order valence-electron chi connectivity index (χ2n) is 8.10. The minimum absolute atomic E-state index is 0.0395. The van der Waals surface area contributed by atoms with E-state index >= 15 is 0 Å². The molecule has 7 nitrogen and oxygen atoms in total. The van der Waals surface area contributed by atoms with Crippen LogP contribution in [0.3, 0.4) is 0 Å². The smallest absolute Gasteiger partial charge is 0.408 e. The molecule has 2 aromatic carbocycles. The molecule has 0 aromatic heterocycles. The third-order valence-corrected chi connectivity index (χ3v) is 5.54. The van der Waals surface area contributed by atoms with Crippen LogP contribution in [0.5, 0.6) is 0 Å². The van der Waals surface area contributed by atoms with Crippen molar-refractivity contribution < 1.29 is 27.2 Å². The second-order valence-corrected chi connectivity index (χ2v) is 9.72. The van der Waals surface area contributed by atoms with E-state index in [9.17, 15) is 18.3 Å². The molecule has 0 bridgehead atoms. The van der Waals surface area contributed by atoms with Gasteiger partial charge in [-0.25, -0.2) is 4.79 Å². The van der Waals surface area contributed by atoms with Crippen LogP contribution < -0.4 is 5.32 Å². The number of ether oxygens (including phenoxy) is 1. The molecule has 0 radical (unpaired) electrons. The molecule has 0 saturated heterocycles. The first kappa shape index (κ1) is 23.9. The molecule has 0 unspecified atom stereocenters. The summed E-state index contributed by atoms with van der Waals surface area (Å²) in [6.07, 6.45) is -1.64. The van der Waals surface area contributed by atoms with E-state index in [1.807, 2.05) is 13.8 Å². The molecule has 2 rings (SSSR count). The summed E-state index contributed by atoms with van der Waals surface area (Å²) in [6, 6.07) is 12.8. The average Bonchev–Trinajstić information content (AvgIpc) is 2.65. The van der Waals surface area contributed by atoms with Gasteiger partial charge in [0.2, 0.25) is 0 Å². The fourth-order valence-electron chi connectivity index (χ4n) is 2.60. The molecule has 1 amide bonds. The van der Waals surface area contributed by atoms with Crippen LogP contribution in [-0.2, 0) is 19.0 Å². The number of aliphatic hydroxyl groups excluding tert-OH is 1. The van der Waals surface area contributed by atoms with Crippen molar-refractivity contribution >= 4 is 16.2 Å². The van der Waals surface area contributed by atoms with Gasteiger partial charge >= 0.3 is 6.09 Å². The van der Waals surface area contributed by atoms with Gasteiger partial charge in [0, 0.05) is 0 Å². The molecule has 0 aliphatic rings. The van der Waals surface area contributed by atoms with E-state index in [0.717, 1.165) is 11.1 Å². The van der Waals surface area contributed by atoms with Gasteiger partial charge in [-0.05, 0) is 57.9 Å². The van der Waals surface area contributed by atoms with Gasteiger partial charge in [0.25, 0.3) is 10.1 Å². The third kappa shape index (κ3) is 7.12.